The Labute approximate surface area is 104 Å². The summed E-state index contributed by atoms with van der Waals surface area (Å²) in [6.45, 7) is 0.0577. The Kier molecular flexibility index (Phi) is 4.08. The number of aliphatic hydroxyl groups is 2. The number of anilines is 1. The minimum atomic E-state index is -0.751. The van der Waals surface area contributed by atoms with E-state index in [-0.39, 0.29) is 6.61 Å². The van der Waals surface area contributed by atoms with Gasteiger partial charge in [-0.25, -0.2) is 4.98 Å². The summed E-state index contributed by atoms with van der Waals surface area (Å²) < 4.78 is 0. The molecule has 0 saturated carbocycles. The van der Waals surface area contributed by atoms with E-state index in [1.54, 1.807) is 0 Å². The minimum Gasteiger partial charge on any atom is -0.394 e. The van der Waals surface area contributed by atoms with Crippen LogP contribution in [0.5, 0.6) is 0 Å². The average Bonchev–Trinajstić information content (AvgIpc) is 2.86. The van der Waals surface area contributed by atoms with Crippen molar-refractivity contribution in [1.29, 1.82) is 0 Å². The van der Waals surface area contributed by atoms with Crippen LogP contribution in [-0.4, -0.2) is 34.5 Å². The molecule has 0 spiro atoms. The van der Waals surface area contributed by atoms with E-state index in [1.165, 1.54) is 11.3 Å². The van der Waals surface area contributed by atoms with Gasteiger partial charge in [-0.1, -0.05) is 30.3 Å². The molecular formula is C12H14N2O2S. The second-order valence-corrected chi connectivity index (χ2v) is 4.48. The highest BCUT2D eigenvalue weighted by atomic mass is 32.1. The molecule has 0 amide bonds. The summed E-state index contributed by atoms with van der Waals surface area (Å²) in [4.78, 5) is 4.40. The van der Waals surface area contributed by atoms with Crippen LogP contribution in [0.1, 0.15) is 0 Å². The number of thiazole rings is 1. The lowest BCUT2D eigenvalue weighted by molar-refractivity contribution is 0.105. The molecule has 0 radical (unpaired) electrons. The summed E-state index contributed by atoms with van der Waals surface area (Å²) in [5.74, 6) is 0. The molecule has 0 fully saturated rings. The second-order valence-electron chi connectivity index (χ2n) is 3.62. The highest BCUT2D eigenvalue weighted by Crippen LogP contribution is 2.24. The van der Waals surface area contributed by atoms with Crippen molar-refractivity contribution in [3.63, 3.8) is 0 Å². The molecule has 4 nitrogen and oxygen atoms in total. The Bertz CT molecular complexity index is 459. The highest BCUT2D eigenvalue weighted by Gasteiger charge is 2.06. The molecule has 90 valence electrons. The van der Waals surface area contributed by atoms with E-state index in [9.17, 15) is 5.11 Å². The van der Waals surface area contributed by atoms with Crippen LogP contribution in [0.25, 0.3) is 11.3 Å². The summed E-state index contributed by atoms with van der Waals surface area (Å²) in [5, 5.41) is 23.6. The molecule has 1 heterocycles. The molecule has 2 rings (SSSR count). The van der Waals surface area contributed by atoms with E-state index in [2.05, 4.69) is 10.3 Å². The monoisotopic (exact) mass is 250 g/mol. The van der Waals surface area contributed by atoms with Crippen molar-refractivity contribution in [2.45, 2.75) is 6.10 Å². The molecule has 1 aromatic carbocycles. The van der Waals surface area contributed by atoms with E-state index in [0.29, 0.717) is 6.54 Å². The van der Waals surface area contributed by atoms with Crippen LogP contribution in [0, 0.1) is 0 Å². The van der Waals surface area contributed by atoms with Crippen molar-refractivity contribution in [3.05, 3.63) is 35.7 Å². The SMILES string of the molecule is OCC(O)CNc1nc(-c2ccccc2)cs1. The van der Waals surface area contributed by atoms with E-state index in [0.717, 1.165) is 16.4 Å². The molecule has 1 atom stereocenters. The standard InChI is InChI=1S/C12H14N2O2S/c15-7-10(16)6-13-12-14-11(8-17-12)9-4-2-1-3-5-9/h1-5,8,10,15-16H,6-7H2,(H,13,14). The van der Waals surface area contributed by atoms with Gasteiger partial charge < -0.3 is 15.5 Å². The van der Waals surface area contributed by atoms with Crippen molar-refractivity contribution in [2.75, 3.05) is 18.5 Å². The predicted octanol–water partition coefficient (Wildman–Crippen LogP) is 1.58. The third-order valence-corrected chi connectivity index (χ3v) is 3.07. The van der Waals surface area contributed by atoms with Crippen molar-refractivity contribution in [1.82, 2.24) is 4.98 Å². The smallest absolute Gasteiger partial charge is 0.183 e. The van der Waals surface area contributed by atoms with Gasteiger partial charge in [-0.3, -0.25) is 0 Å². The molecule has 0 bridgehead atoms. The van der Waals surface area contributed by atoms with Crippen molar-refractivity contribution < 1.29 is 10.2 Å². The van der Waals surface area contributed by atoms with E-state index < -0.39 is 6.10 Å². The van der Waals surface area contributed by atoms with Gasteiger partial charge in [0.05, 0.1) is 18.4 Å². The first-order chi connectivity index (χ1) is 8.29. The fourth-order valence-corrected chi connectivity index (χ4v) is 2.10. The first-order valence-corrected chi connectivity index (χ1v) is 6.21. The predicted molar refractivity (Wildman–Crippen MR) is 69.1 cm³/mol. The topological polar surface area (TPSA) is 65.4 Å². The lowest BCUT2D eigenvalue weighted by Gasteiger charge is -2.06. The Morgan fingerprint density at radius 2 is 2.06 bits per heavy atom. The zero-order valence-electron chi connectivity index (χ0n) is 9.21. The molecule has 17 heavy (non-hydrogen) atoms. The number of rotatable bonds is 5. The number of aliphatic hydroxyl groups excluding tert-OH is 2. The van der Waals surface area contributed by atoms with E-state index in [4.69, 9.17) is 5.11 Å². The molecular weight excluding hydrogens is 236 g/mol. The van der Waals surface area contributed by atoms with Gasteiger partial charge in [0.1, 0.15) is 0 Å². The van der Waals surface area contributed by atoms with Gasteiger partial charge >= 0.3 is 0 Å². The number of nitrogens with one attached hydrogen (secondary N) is 1. The van der Waals surface area contributed by atoms with Gasteiger partial charge in [0, 0.05) is 17.5 Å². The number of aromatic nitrogens is 1. The summed E-state index contributed by atoms with van der Waals surface area (Å²) in [5.41, 5.74) is 1.98. The minimum absolute atomic E-state index is 0.246. The maximum atomic E-state index is 9.21. The lowest BCUT2D eigenvalue weighted by atomic mass is 10.2. The molecule has 0 aliphatic heterocycles. The van der Waals surface area contributed by atoms with Gasteiger partial charge in [-0.05, 0) is 0 Å². The summed E-state index contributed by atoms with van der Waals surface area (Å²) >= 11 is 1.48. The zero-order chi connectivity index (χ0) is 12.1. The zero-order valence-corrected chi connectivity index (χ0v) is 10.0. The molecule has 5 heteroatoms. The lowest BCUT2D eigenvalue weighted by Crippen LogP contribution is -2.22. The van der Waals surface area contributed by atoms with Crippen LogP contribution in [-0.2, 0) is 0 Å². The van der Waals surface area contributed by atoms with E-state index >= 15 is 0 Å². The van der Waals surface area contributed by atoms with Crippen molar-refractivity contribution in [3.8, 4) is 11.3 Å². The molecule has 0 saturated heterocycles. The quantitative estimate of drug-likeness (QED) is 0.753. The fourth-order valence-electron chi connectivity index (χ4n) is 1.37. The molecule has 2 aromatic rings. The second kappa shape index (κ2) is 5.77. The molecule has 1 unspecified atom stereocenters. The first-order valence-electron chi connectivity index (χ1n) is 5.33. The highest BCUT2D eigenvalue weighted by molar-refractivity contribution is 7.14. The molecule has 1 aromatic heterocycles. The van der Waals surface area contributed by atoms with Crippen LogP contribution in [0.15, 0.2) is 35.7 Å². The van der Waals surface area contributed by atoms with Gasteiger partial charge in [0.2, 0.25) is 0 Å². The maximum absolute atomic E-state index is 9.21. The average molecular weight is 250 g/mol. The maximum Gasteiger partial charge on any atom is 0.183 e. The number of hydrogen-bond donors (Lipinski definition) is 3. The van der Waals surface area contributed by atoms with Crippen LogP contribution in [0.4, 0.5) is 5.13 Å². The molecule has 3 N–H and O–H groups in total. The largest absolute Gasteiger partial charge is 0.394 e. The van der Waals surface area contributed by atoms with E-state index in [1.807, 2.05) is 35.7 Å². The van der Waals surface area contributed by atoms with Gasteiger partial charge in [-0.2, -0.15) is 0 Å². The van der Waals surface area contributed by atoms with Crippen LogP contribution < -0.4 is 5.32 Å². The van der Waals surface area contributed by atoms with Crippen LogP contribution in [0.3, 0.4) is 0 Å². The van der Waals surface area contributed by atoms with Gasteiger partial charge in [-0.15, -0.1) is 11.3 Å². The van der Waals surface area contributed by atoms with Crippen molar-refractivity contribution in [2.24, 2.45) is 0 Å². The molecule has 0 aliphatic carbocycles. The molecule has 0 aliphatic rings. The van der Waals surface area contributed by atoms with Gasteiger partial charge in [0.25, 0.3) is 0 Å². The normalized spacial score (nSPS) is 12.4. The third kappa shape index (κ3) is 3.26. The van der Waals surface area contributed by atoms with Crippen LogP contribution in [0.2, 0.25) is 0 Å². The summed E-state index contributed by atoms with van der Waals surface area (Å²) in [7, 11) is 0. The van der Waals surface area contributed by atoms with Crippen molar-refractivity contribution >= 4 is 16.5 Å². The number of benzene rings is 1. The number of hydrogen-bond acceptors (Lipinski definition) is 5. The first kappa shape index (κ1) is 12.0. The van der Waals surface area contributed by atoms with Crippen LogP contribution >= 0.6 is 11.3 Å². The Morgan fingerprint density at radius 1 is 1.29 bits per heavy atom. The Hall–Kier alpha value is -1.43. The Morgan fingerprint density at radius 3 is 2.76 bits per heavy atom. The van der Waals surface area contributed by atoms with Gasteiger partial charge in [0.15, 0.2) is 5.13 Å². The summed E-state index contributed by atoms with van der Waals surface area (Å²) in [6.07, 6.45) is -0.751. The summed E-state index contributed by atoms with van der Waals surface area (Å²) in [6, 6.07) is 9.91. The third-order valence-electron chi connectivity index (χ3n) is 2.27. The number of nitrogens with zero attached hydrogens (tertiary/aromatic N) is 1. The fraction of sp³-hybridized carbons (Fsp3) is 0.250. The Balaban J connectivity index is 2.01.